The van der Waals surface area contributed by atoms with Crippen molar-refractivity contribution in [2.75, 3.05) is 32.2 Å². The number of hydrogen-bond acceptors (Lipinski definition) is 7. The van der Waals surface area contributed by atoms with E-state index in [1.807, 2.05) is 24.3 Å². The normalized spacial score (nSPS) is 33.3. The van der Waals surface area contributed by atoms with E-state index in [4.69, 9.17) is 23.7 Å². The fourth-order valence-electron chi connectivity index (χ4n) is 5.39. The van der Waals surface area contributed by atoms with Gasteiger partial charge in [0, 0.05) is 12.8 Å². The molecule has 0 bridgehead atoms. The third-order valence-electron chi connectivity index (χ3n) is 7.39. The smallest absolute Gasteiger partial charge is 0.325 e. The summed E-state index contributed by atoms with van der Waals surface area (Å²) < 4.78 is 29.8. The van der Waals surface area contributed by atoms with E-state index in [0.29, 0.717) is 19.1 Å². The van der Waals surface area contributed by atoms with E-state index in [9.17, 15) is 4.79 Å². The Morgan fingerprint density at radius 2 is 1.97 bits per heavy atom. The van der Waals surface area contributed by atoms with Gasteiger partial charge in [0.25, 0.3) is 0 Å². The van der Waals surface area contributed by atoms with E-state index in [2.05, 4.69) is 46.0 Å². The summed E-state index contributed by atoms with van der Waals surface area (Å²) in [6.07, 6.45) is 4.18. The van der Waals surface area contributed by atoms with E-state index < -0.39 is 0 Å². The van der Waals surface area contributed by atoms with Crippen LogP contribution in [0.2, 0.25) is 0 Å². The van der Waals surface area contributed by atoms with Crippen molar-refractivity contribution in [3.63, 3.8) is 0 Å². The minimum Gasteiger partial charge on any atom is -0.493 e. The molecule has 2 saturated heterocycles. The van der Waals surface area contributed by atoms with Gasteiger partial charge >= 0.3 is 5.97 Å². The number of anilines is 1. The maximum absolute atomic E-state index is 12.7. The Balaban J connectivity index is 1.33. The van der Waals surface area contributed by atoms with Crippen LogP contribution in [0.3, 0.4) is 0 Å². The molecule has 2 heterocycles. The van der Waals surface area contributed by atoms with Gasteiger partial charge in [-0.25, -0.2) is 0 Å². The number of methoxy groups -OCH3 is 1. The minimum absolute atomic E-state index is 0.0217. The summed E-state index contributed by atoms with van der Waals surface area (Å²) in [5.41, 5.74) is 1.56. The Hall–Kier alpha value is -2.09. The molecule has 1 spiro atoms. The molecule has 6 atom stereocenters. The summed E-state index contributed by atoms with van der Waals surface area (Å²) in [6, 6.07) is 7.62. The minimum atomic E-state index is -0.341. The van der Waals surface area contributed by atoms with Gasteiger partial charge in [-0.1, -0.05) is 25.5 Å². The predicted octanol–water partition coefficient (Wildman–Crippen LogP) is 4.75. The number of esters is 1. The van der Waals surface area contributed by atoms with Crippen LogP contribution in [0.5, 0.6) is 5.75 Å². The van der Waals surface area contributed by atoms with Crippen LogP contribution in [0.4, 0.5) is 5.69 Å². The highest BCUT2D eigenvalue weighted by Gasteiger charge is 2.72. The summed E-state index contributed by atoms with van der Waals surface area (Å²) >= 11 is 0. The van der Waals surface area contributed by atoms with Gasteiger partial charge in [-0.2, -0.15) is 0 Å². The zero-order valence-electron chi connectivity index (χ0n) is 22.0. The summed E-state index contributed by atoms with van der Waals surface area (Å²) in [6.45, 7) is 12.1. The third-order valence-corrected chi connectivity index (χ3v) is 7.39. The second kappa shape index (κ2) is 10.5. The molecule has 3 aliphatic rings. The van der Waals surface area contributed by atoms with Gasteiger partial charge in [0.05, 0.1) is 25.2 Å². The zero-order chi connectivity index (χ0) is 25.2. The number of nitrogens with one attached hydrogen (secondary N) is 1. The lowest BCUT2D eigenvalue weighted by Crippen LogP contribution is -2.55. The molecule has 1 aliphatic carbocycles. The Morgan fingerprint density at radius 3 is 2.57 bits per heavy atom. The molecule has 7 nitrogen and oxygen atoms in total. The second-order valence-electron chi connectivity index (χ2n) is 11.0. The number of allylic oxidation sites excluding steroid dienone is 1. The number of ether oxygens (including phenoxy) is 5. The van der Waals surface area contributed by atoms with E-state index in [-0.39, 0.29) is 47.9 Å². The van der Waals surface area contributed by atoms with Crippen molar-refractivity contribution >= 4 is 11.7 Å². The summed E-state index contributed by atoms with van der Waals surface area (Å²) in [5.74, 6) is 1.01. The van der Waals surface area contributed by atoms with Gasteiger partial charge in [-0.3, -0.25) is 4.79 Å². The third kappa shape index (κ3) is 6.01. The second-order valence-corrected chi connectivity index (χ2v) is 11.0. The molecule has 1 aromatic rings. The van der Waals surface area contributed by atoms with Crippen LogP contribution in [-0.2, 0) is 23.7 Å². The van der Waals surface area contributed by atoms with Crippen LogP contribution in [0, 0.1) is 11.8 Å². The molecule has 1 N–H and O–H groups in total. The SMILES string of the molecule is CO[C@@H]1[C@H](OC(=O)CNc2ccc(OCC(C)C)cc2)CC[C@]2(CO2)[C@H]1[C@]1(C)O[C@@H]1CC=C(C)C. The first-order valence-electron chi connectivity index (χ1n) is 12.8. The molecule has 7 heteroatoms. The fraction of sp³-hybridized carbons (Fsp3) is 0.679. The van der Waals surface area contributed by atoms with E-state index >= 15 is 0 Å². The topological polar surface area (TPSA) is 81.9 Å². The Bertz CT molecular complexity index is 905. The molecule has 2 aliphatic heterocycles. The average molecular weight is 488 g/mol. The number of hydrogen-bond donors (Lipinski definition) is 1. The van der Waals surface area contributed by atoms with Gasteiger partial charge in [-0.05, 0) is 70.2 Å². The molecular formula is C28H41NO6. The van der Waals surface area contributed by atoms with Crippen molar-refractivity contribution in [3.8, 4) is 5.75 Å². The first-order valence-corrected chi connectivity index (χ1v) is 12.8. The summed E-state index contributed by atoms with van der Waals surface area (Å²) in [4.78, 5) is 12.7. The fourth-order valence-corrected chi connectivity index (χ4v) is 5.39. The molecular weight excluding hydrogens is 446 g/mol. The standard InChI is InChI=1S/C28H41NO6/c1-18(2)7-12-23-27(5,35-23)26-25(31-6)22(13-14-28(26)17-33-28)34-24(30)15-29-20-8-10-21(11-9-20)32-16-19(3)4/h7-11,19,22-23,25-26,29H,12-17H2,1-6H3/t22-,23-,25-,26-,27-,28+/m1/s1. The Kier molecular flexibility index (Phi) is 7.79. The molecule has 4 rings (SSSR count). The van der Waals surface area contributed by atoms with E-state index in [0.717, 1.165) is 30.7 Å². The lowest BCUT2D eigenvalue weighted by Gasteiger charge is -2.42. The van der Waals surface area contributed by atoms with Crippen LogP contribution >= 0.6 is 0 Å². The summed E-state index contributed by atoms with van der Waals surface area (Å²) in [7, 11) is 1.69. The molecule has 0 amide bonds. The van der Waals surface area contributed by atoms with Crippen molar-refractivity contribution in [2.45, 2.75) is 83.4 Å². The quantitative estimate of drug-likeness (QED) is 0.274. The van der Waals surface area contributed by atoms with Crippen molar-refractivity contribution in [1.29, 1.82) is 0 Å². The van der Waals surface area contributed by atoms with Crippen molar-refractivity contribution in [1.82, 2.24) is 0 Å². The number of rotatable bonds is 11. The maximum atomic E-state index is 12.7. The molecule has 0 radical (unpaired) electrons. The highest BCUT2D eigenvalue weighted by molar-refractivity contribution is 5.75. The van der Waals surface area contributed by atoms with Crippen LogP contribution in [0.15, 0.2) is 35.9 Å². The molecule has 3 fully saturated rings. The molecule has 0 aromatic heterocycles. The molecule has 35 heavy (non-hydrogen) atoms. The van der Waals surface area contributed by atoms with E-state index in [1.165, 1.54) is 5.57 Å². The zero-order valence-corrected chi connectivity index (χ0v) is 22.0. The molecule has 1 saturated carbocycles. The first-order chi connectivity index (χ1) is 16.7. The largest absolute Gasteiger partial charge is 0.493 e. The average Bonchev–Trinajstić information content (AvgIpc) is 3.74. The number of carbonyl (C=O) groups excluding carboxylic acids is 1. The van der Waals surface area contributed by atoms with Crippen molar-refractivity contribution in [3.05, 3.63) is 35.9 Å². The van der Waals surface area contributed by atoms with Gasteiger partial charge in [0.15, 0.2) is 0 Å². The van der Waals surface area contributed by atoms with Crippen LogP contribution in [0.1, 0.15) is 53.9 Å². The van der Waals surface area contributed by atoms with Crippen LogP contribution in [-0.4, -0.2) is 62.4 Å². The summed E-state index contributed by atoms with van der Waals surface area (Å²) in [5, 5.41) is 3.15. The van der Waals surface area contributed by atoms with Crippen LogP contribution in [0.25, 0.3) is 0 Å². The molecule has 1 aromatic carbocycles. The lowest BCUT2D eigenvalue weighted by molar-refractivity contribution is -0.170. The highest BCUT2D eigenvalue weighted by Crippen LogP contribution is 2.59. The Morgan fingerprint density at radius 1 is 1.26 bits per heavy atom. The first kappa shape index (κ1) is 26.0. The van der Waals surface area contributed by atoms with Gasteiger partial charge in [0.1, 0.15) is 35.7 Å². The van der Waals surface area contributed by atoms with Crippen molar-refractivity contribution in [2.24, 2.45) is 11.8 Å². The predicted molar refractivity (Wildman–Crippen MR) is 135 cm³/mol. The highest BCUT2D eigenvalue weighted by atomic mass is 16.6. The molecule has 0 unspecified atom stereocenters. The van der Waals surface area contributed by atoms with Crippen molar-refractivity contribution < 1.29 is 28.5 Å². The lowest BCUT2D eigenvalue weighted by atomic mass is 9.68. The van der Waals surface area contributed by atoms with Crippen LogP contribution < -0.4 is 10.1 Å². The van der Waals surface area contributed by atoms with Gasteiger partial charge < -0.3 is 29.0 Å². The Labute approximate surface area is 209 Å². The molecule has 194 valence electrons. The number of epoxide rings is 2. The van der Waals surface area contributed by atoms with Gasteiger partial charge in [0.2, 0.25) is 0 Å². The van der Waals surface area contributed by atoms with Gasteiger partial charge in [-0.15, -0.1) is 0 Å². The van der Waals surface area contributed by atoms with E-state index in [1.54, 1.807) is 7.11 Å². The number of carbonyl (C=O) groups is 1. The monoisotopic (exact) mass is 487 g/mol. The maximum Gasteiger partial charge on any atom is 0.325 e. The number of benzene rings is 1.